The molecule has 0 unspecified atom stereocenters. The number of thioether (sulfide) groups is 1. The molecule has 1 amide bonds. The summed E-state index contributed by atoms with van der Waals surface area (Å²) in [4.78, 5) is 20.7. The lowest BCUT2D eigenvalue weighted by Crippen LogP contribution is -2.28. The number of methoxy groups -OCH3 is 2. The summed E-state index contributed by atoms with van der Waals surface area (Å²) in [5.41, 5.74) is 4.87. The molecule has 34 heavy (non-hydrogen) atoms. The van der Waals surface area contributed by atoms with E-state index in [1.807, 2.05) is 48.5 Å². The molecular formula is C28H28N2O3S. The first-order valence-electron chi connectivity index (χ1n) is 11.3. The van der Waals surface area contributed by atoms with Crippen LogP contribution < -0.4 is 14.4 Å². The molecule has 1 aliphatic rings. The molecule has 3 aromatic carbocycles. The van der Waals surface area contributed by atoms with E-state index in [9.17, 15) is 4.79 Å². The maximum absolute atomic E-state index is 13.6. The third-order valence-corrected chi connectivity index (χ3v) is 6.67. The first kappa shape index (κ1) is 23.6. The Bertz CT molecular complexity index is 1230. The molecule has 0 aromatic heterocycles. The smallest absolute Gasteiger partial charge is 0.271 e. The van der Waals surface area contributed by atoms with Crippen molar-refractivity contribution in [2.45, 2.75) is 26.7 Å². The number of rotatable bonds is 7. The number of nitrogens with zero attached hydrogens (tertiary/aromatic N) is 2. The van der Waals surface area contributed by atoms with Gasteiger partial charge in [0.1, 0.15) is 11.5 Å². The highest BCUT2D eigenvalue weighted by molar-refractivity contribution is 8.19. The normalized spacial score (nSPS) is 15.9. The molecule has 0 N–H and O–H groups in total. The zero-order valence-corrected chi connectivity index (χ0v) is 20.7. The van der Waals surface area contributed by atoms with Crippen molar-refractivity contribution in [3.63, 3.8) is 0 Å². The van der Waals surface area contributed by atoms with Crippen LogP contribution in [0.2, 0.25) is 0 Å². The fourth-order valence-corrected chi connectivity index (χ4v) is 4.64. The summed E-state index contributed by atoms with van der Waals surface area (Å²) in [6.07, 6.45) is 3.76. The van der Waals surface area contributed by atoms with Gasteiger partial charge in [-0.3, -0.25) is 9.69 Å². The quantitative estimate of drug-likeness (QED) is 0.362. The van der Waals surface area contributed by atoms with Gasteiger partial charge in [0, 0.05) is 11.6 Å². The van der Waals surface area contributed by atoms with Crippen LogP contribution in [0.4, 0.5) is 11.4 Å². The third-order valence-electron chi connectivity index (χ3n) is 5.71. The third kappa shape index (κ3) is 5.02. The van der Waals surface area contributed by atoms with Crippen molar-refractivity contribution in [3.05, 3.63) is 88.3 Å². The van der Waals surface area contributed by atoms with Crippen LogP contribution in [0.15, 0.2) is 76.6 Å². The van der Waals surface area contributed by atoms with E-state index < -0.39 is 0 Å². The Morgan fingerprint density at radius 2 is 1.53 bits per heavy atom. The summed E-state index contributed by atoms with van der Waals surface area (Å²) in [6, 6.07) is 21.7. The van der Waals surface area contributed by atoms with Crippen LogP contribution in [0.25, 0.3) is 6.08 Å². The molecule has 1 saturated heterocycles. The molecular weight excluding hydrogens is 444 g/mol. The molecule has 0 atom stereocenters. The van der Waals surface area contributed by atoms with Gasteiger partial charge in [0.15, 0.2) is 5.17 Å². The Kier molecular flexibility index (Phi) is 7.38. The Hall–Kier alpha value is -3.51. The highest BCUT2D eigenvalue weighted by Crippen LogP contribution is 2.39. The minimum Gasteiger partial charge on any atom is -0.497 e. The molecule has 1 fully saturated rings. The lowest BCUT2D eigenvalue weighted by Gasteiger charge is -2.16. The second-order valence-corrected chi connectivity index (χ2v) is 8.80. The highest BCUT2D eigenvalue weighted by Gasteiger charge is 2.35. The van der Waals surface area contributed by atoms with Crippen LogP contribution in [0.3, 0.4) is 0 Å². The Labute approximate surface area is 205 Å². The molecule has 1 heterocycles. The van der Waals surface area contributed by atoms with Crippen molar-refractivity contribution in [2.24, 2.45) is 4.99 Å². The average Bonchev–Trinajstić information content (AvgIpc) is 3.18. The number of hydrogen-bond acceptors (Lipinski definition) is 5. The molecule has 174 valence electrons. The molecule has 3 aromatic rings. The first-order chi connectivity index (χ1) is 16.6. The van der Waals surface area contributed by atoms with Gasteiger partial charge in [-0.05, 0) is 78.2 Å². The number of amidine groups is 1. The zero-order valence-electron chi connectivity index (χ0n) is 19.9. The predicted molar refractivity (Wildman–Crippen MR) is 141 cm³/mol. The molecule has 0 aliphatic carbocycles. The number of ether oxygens (including phenoxy) is 2. The highest BCUT2D eigenvalue weighted by atomic mass is 32.2. The van der Waals surface area contributed by atoms with Crippen molar-refractivity contribution in [2.75, 3.05) is 19.1 Å². The van der Waals surface area contributed by atoms with E-state index in [4.69, 9.17) is 14.5 Å². The van der Waals surface area contributed by atoms with Gasteiger partial charge in [-0.2, -0.15) is 0 Å². The van der Waals surface area contributed by atoms with Gasteiger partial charge in [0.25, 0.3) is 5.91 Å². The number of benzene rings is 3. The molecule has 0 saturated carbocycles. The number of anilines is 1. The summed E-state index contributed by atoms with van der Waals surface area (Å²) in [6.45, 7) is 4.24. The zero-order chi connectivity index (χ0) is 24.1. The van der Waals surface area contributed by atoms with Gasteiger partial charge in [0.05, 0.1) is 30.5 Å². The van der Waals surface area contributed by atoms with E-state index in [1.165, 1.54) is 22.9 Å². The van der Waals surface area contributed by atoms with E-state index in [1.54, 1.807) is 19.1 Å². The lowest BCUT2D eigenvalue weighted by molar-refractivity contribution is -0.113. The summed E-state index contributed by atoms with van der Waals surface area (Å²) in [5, 5.41) is 0.622. The summed E-state index contributed by atoms with van der Waals surface area (Å²) < 4.78 is 10.8. The molecule has 5 nitrogen and oxygen atoms in total. The van der Waals surface area contributed by atoms with E-state index >= 15 is 0 Å². The van der Waals surface area contributed by atoms with Crippen LogP contribution >= 0.6 is 11.8 Å². The van der Waals surface area contributed by atoms with Crippen molar-refractivity contribution < 1.29 is 14.3 Å². The largest absolute Gasteiger partial charge is 0.497 e. The van der Waals surface area contributed by atoms with Gasteiger partial charge in [-0.25, -0.2) is 4.99 Å². The fourth-order valence-electron chi connectivity index (χ4n) is 3.65. The number of carbonyl (C=O) groups is 1. The van der Waals surface area contributed by atoms with E-state index in [0.717, 1.165) is 29.8 Å². The minimum absolute atomic E-state index is 0.115. The van der Waals surface area contributed by atoms with Crippen LogP contribution in [0.1, 0.15) is 30.5 Å². The van der Waals surface area contributed by atoms with Gasteiger partial charge < -0.3 is 9.47 Å². The fraction of sp³-hybridized carbons (Fsp3) is 0.214. The summed E-state index contributed by atoms with van der Waals surface area (Å²) in [5.74, 6) is 1.22. The van der Waals surface area contributed by atoms with Crippen LogP contribution in [-0.2, 0) is 17.6 Å². The molecule has 6 heteroatoms. The van der Waals surface area contributed by atoms with Crippen molar-refractivity contribution in [1.82, 2.24) is 0 Å². The Morgan fingerprint density at radius 1 is 0.882 bits per heavy atom. The topological polar surface area (TPSA) is 51.1 Å². The first-order valence-corrected chi connectivity index (χ1v) is 12.1. The number of amides is 1. The molecule has 4 rings (SSSR count). The van der Waals surface area contributed by atoms with Gasteiger partial charge in [-0.15, -0.1) is 0 Å². The minimum atomic E-state index is -0.115. The standard InChI is InChI=1S/C28H28N2O3S/c1-5-19-7-12-22(13-8-19)29-28-30(23-14-9-20(6-2)10-15-23)27(31)26(34-28)17-21-11-16-24(32-3)18-25(21)33-4/h7-18H,5-6H2,1-4H3/b26-17+,29-28?. The van der Waals surface area contributed by atoms with Crippen LogP contribution in [-0.4, -0.2) is 25.3 Å². The van der Waals surface area contributed by atoms with Gasteiger partial charge in [-0.1, -0.05) is 38.1 Å². The van der Waals surface area contributed by atoms with Crippen LogP contribution in [0.5, 0.6) is 11.5 Å². The maximum atomic E-state index is 13.6. The Morgan fingerprint density at radius 3 is 2.12 bits per heavy atom. The average molecular weight is 473 g/mol. The summed E-state index contributed by atoms with van der Waals surface area (Å²) in [7, 11) is 3.22. The lowest BCUT2D eigenvalue weighted by atomic mass is 10.1. The molecule has 0 bridgehead atoms. The second-order valence-electron chi connectivity index (χ2n) is 7.79. The predicted octanol–water partition coefficient (Wildman–Crippen LogP) is 6.64. The maximum Gasteiger partial charge on any atom is 0.271 e. The van der Waals surface area contributed by atoms with E-state index in [-0.39, 0.29) is 5.91 Å². The van der Waals surface area contributed by atoms with Gasteiger partial charge in [0.2, 0.25) is 0 Å². The van der Waals surface area contributed by atoms with Crippen molar-refractivity contribution in [3.8, 4) is 11.5 Å². The monoisotopic (exact) mass is 472 g/mol. The molecule has 0 spiro atoms. The summed E-state index contributed by atoms with van der Waals surface area (Å²) >= 11 is 1.36. The number of aryl methyl sites for hydroxylation is 2. The van der Waals surface area contributed by atoms with Gasteiger partial charge >= 0.3 is 0 Å². The Balaban J connectivity index is 1.76. The molecule has 1 aliphatic heterocycles. The molecule has 0 radical (unpaired) electrons. The van der Waals surface area contributed by atoms with Crippen molar-refractivity contribution >= 4 is 40.3 Å². The SMILES string of the molecule is CCc1ccc(N=C2S/C(=C/c3ccc(OC)cc3OC)C(=O)N2c2ccc(CC)cc2)cc1. The number of aliphatic imine (C=N–C) groups is 1. The number of carbonyl (C=O) groups excluding carboxylic acids is 1. The number of hydrogen-bond donors (Lipinski definition) is 0. The van der Waals surface area contributed by atoms with Crippen molar-refractivity contribution in [1.29, 1.82) is 0 Å². The van der Waals surface area contributed by atoms with Crippen LogP contribution in [0, 0.1) is 0 Å². The van der Waals surface area contributed by atoms with E-state index in [2.05, 4.69) is 38.1 Å². The van der Waals surface area contributed by atoms with E-state index in [0.29, 0.717) is 21.6 Å². The second kappa shape index (κ2) is 10.6.